The number of carboxylic acid groups (broad SMARTS) is 1. The Balaban J connectivity index is 1.88. The number of furan rings is 1. The van der Waals surface area contributed by atoms with E-state index in [4.69, 9.17) is 9.52 Å². The fourth-order valence-corrected chi connectivity index (χ4v) is 2.60. The standard InChI is InChI=1S/C20H15N3O4/c1-12-9-13(2)23(22-12)19(24)16(11-21)10-17-7-8-18(27-17)14-3-5-15(6-4-14)20(25)26/h3-10H,1-2H3,(H,25,26)/b16-10+. The summed E-state index contributed by atoms with van der Waals surface area (Å²) >= 11 is 0. The van der Waals surface area contributed by atoms with Gasteiger partial charge in [-0.15, -0.1) is 0 Å². The summed E-state index contributed by atoms with van der Waals surface area (Å²) in [6.45, 7) is 3.50. The molecule has 0 unspecified atom stereocenters. The molecular weight excluding hydrogens is 346 g/mol. The molecule has 0 aliphatic rings. The first-order valence-electron chi connectivity index (χ1n) is 8.02. The topological polar surface area (TPSA) is 109 Å². The number of allylic oxidation sites excluding steroid dienone is 1. The number of hydrogen-bond donors (Lipinski definition) is 1. The van der Waals surface area contributed by atoms with Gasteiger partial charge in [0, 0.05) is 17.3 Å². The predicted molar refractivity (Wildman–Crippen MR) is 97.0 cm³/mol. The average Bonchev–Trinajstić information content (AvgIpc) is 3.25. The molecule has 3 rings (SSSR count). The molecule has 7 heteroatoms. The second kappa shape index (κ2) is 7.14. The Morgan fingerprint density at radius 1 is 1.19 bits per heavy atom. The Labute approximate surface area is 154 Å². The number of benzene rings is 1. The highest BCUT2D eigenvalue weighted by Crippen LogP contribution is 2.24. The molecule has 0 fully saturated rings. The smallest absolute Gasteiger partial charge is 0.335 e. The summed E-state index contributed by atoms with van der Waals surface area (Å²) in [7, 11) is 0. The molecule has 0 amide bonds. The quantitative estimate of drug-likeness (QED) is 0.560. The third-order valence-electron chi connectivity index (χ3n) is 3.88. The van der Waals surface area contributed by atoms with Crippen molar-refractivity contribution in [2.75, 3.05) is 0 Å². The summed E-state index contributed by atoms with van der Waals surface area (Å²) in [6, 6.07) is 13.1. The van der Waals surface area contributed by atoms with Crippen LogP contribution < -0.4 is 0 Å². The van der Waals surface area contributed by atoms with Crippen LogP contribution in [0.15, 0.2) is 52.5 Å². The first-order chi connectivity index (χ1) is 12.9. The third-order valence-corrected chi connectivity index (χ3v) is 3.88. The lowest BCUT2D eigenvalue weighted by Gasteiger charge is -2.01. The molecule has 1 aromatic carbocycles. The predicted octanol–water partition coefficient (Wildman–Crippen LogP) is 3.71. The molecule has 2 heterocycles. The second-order valence-electron chi connectivity index (χ2n) is 5.90. The van der Waals surface area contributed by atoms with Crippen LogP contribution in [0.25, 0.3) is 17.4 Å². The van der Waals surface area contributed by atoms with Gasteiger partial charge in [0.25, 0.3) is 5.91 Å². The van der Waals surface area contributed by atoms with E-state index in [9.17, 15) is 14.9 Å². The maximum atomic E-state index is 12.5. The fraction of sp³-hybridized carbons (Fsp3) is 0.100. The van der Waals surface area contributed by atoms with Crippen LogP contribution in [0.2, 0.25) is 0 Å². The van der Waals surface area contributed by atoms with Gasteiger partial charge < -0.3 is 9.52 Å². The van der Waals surface area contributed by atoms with Gasteiger partial charge in [0.1, 0.15) is 23.2 Å². The number of aromatic carboxylic acids is 1. The van der Waals surface area contributed by atoms with Crippen LogP contribution in [0.3, 0.4) is 0 Å². The van der Waals surface area contributed by atoms with Gasteiger partial charge >= 0.3 is 5.97 Å². The van der Waals surface area contributed by atoms with Crippen LogP contribution in [0.5, 0.6) is 0 Å². The number of hydrogen-bond acceptors (Lipinski definition) is 5. The van der Waals surface area contributed by atoms with Crippen LogP contribution in [0, 0.1) is 25.2 Å². The van der Waals surface area contributed by atoms with Crippen molar-refractivity contribution in [3.8, 4) is 17.4 Å². The maximum Gasteiger partial charge on any atom is 0.335 e. The van der Waals surface area contributed by atoms with Crippen molar-refractivity contribution in [3.63, 3.8) is 0 Å². The summed E-state index contributed by atoms with van der Waals surface area (Å²) in [5.41, 5.74) is 2.07. The number of carbonyl (C=O) groups is 2. The molecule has 2 aromatic heterocycles. The first kappa shape index (κ1) is 17.9. The zero-order chi connectivity index (χ0) is 19.6. The van der Waals surface area contributed by atoms with Crippen molar-refractivity contribution in [2.24, 2.45) is 0 Å². The van der Waals surface area contributed by atoms with E-state index in [0.29, 0.717) is 28.5 Å². The van der Waals surface area contributed by atoms with Gasteiger partial charge in [-0.2, -0.15) is 10.4 Å². The number of nitrogens with zero attached hydrogens (tertiary/aromatic N) is 3. The number of carbonyl (C=O) groups excluding carboxylic acids is 1. The van der Waals surface area contributed by atoms with Gasteiger partial charge in [-0.25, -0.2) is 9.48 Å². The molecule has 7 nitrogen and oxygen atoms in total. The molecule has 134 valence electrons. The number of carboxylic acids is 1. The van der Waals surface area contributed by atoms with E-state index < -0.39 is 11.9 Å². The van der Waals surface area contributed by atoms with E-state index in [0.717, 1.165) is 0 Å². The zero-order valence-electron chi connectivity index (χ0n) is 14.6. The van der Waals surface area contributed by atoms with Gasteiger partial charge in [-0.3, -0.25) is 4.79 Å². The molecule has 0 radical (unpaired) electrons. The summed E-state index contributed by atoms with van der Waals surface area (Å²) in [6.07, 6.45) is 1.36. The normalized spacial score (nSPS) is 11.2. The third kappa shape index (κ3) is 3.70. The molecule has 27 heavy (non-hydrogen) atoms. The van der Waals surface area contributed by atoms with Gasteiger partial charge in [0.15, 0.2) is 0 Å². The molecule has 0 bridgehead atoms. The van der Waals surface area contributed by atoms with E-state index in [-0.39, 0.29) is 11.1 Å². The Kier molecular flexibility index (Phi) is 4.73. The van der Waals surface area contributed by atoms with Crippen molar-refractivity contribution in [1.82, 2.24) is 9.78 Å². The van der Waals surface area contributed by atoms with Crippen LogP contribution >= 0.6 is 0 Å². The van der Waals surface area contributed by atoms with Crippen molar-refractivity contribution in [2.45, 2.75) is 13.8 Å². The molecule has 0 atom stereocenters. The highest BCUT2D eigenvalue weighted by molar-refractivity contribution is 6.02. The van der Waals surface area contributed by atoms with Crippen LogP contribution in [0.1, 0.15) is 32.3 Å². The van der Waals surface area contributed by atoms with E-state index >= 15 is 0 Å². The molecule has 0 spiro atoms. The maximum absolute atomic E-state index is 12.5. The highest BCUT2D eigenvalue weighted by atomic mass is 16.4. The highest BCUT2D eigenvalue weighted by Gasteiger charge is 2.16. The number of aryl methyl sites for hydroxylation is 2. The Hall–Kier alpha value is -3.92. The fourth-order valence-electron chi connectivity index (χ4n) is 2.60. The van der Waals surface area contributed by atoms with E-state index in [2.05, 4.69) is 5.10 Å². The van der Waals surface area contributed by atoms with Gasteiger partial charge in [0.05, 0.1) is 11.3 Å². The molecule has 0 aliphatic carbocycles. The van der Waals surface area contributed by atoms with Gasteiger partial charge in [-0.1, -0.05) is 12.1 Å². The summed E-state index contributed by atoms with van der Waals surface area (Å²) in [5, 5.41) is 22.4. The largest absolute Gasteiger partial charge is 0.478 e. The number of aromatic nitrogens is 2. The number of rotatable bonds is 4. The van der Waals surface area contributed by atoms with Crippen LogP contribution in [-0.2, 0) is 0 Å². The minimum atomic E-state index is -1.01. The monoisotopic (exact) mass is 361 g/mol. The van der Waals surface area contributed by atoms with Crippen molar-refractivity contribution < 1.29 is 19.1 Å². The molecule has 0 aliphatic heterocycles. The molecule has 0 saturated carbocycles. The van der Waals surface area contributed by atoms with E-state index in [1.165, 1.54) is 22.9 Å². The Morgan fingerprint density at radius 3 is 2.44 bits per heavy atom. The zero-order valence-corrected chi connectivity index (χ0v) is 14.6. The van der Waals surface area contributed by atoms with E-state index in [1.54, 1.807) is 44.2 Å². The second-order valence-corrected chi connectivity index (χ2v) is 5.90. The SMILES string of the molecule is Cc1cc(C)n(C(=O)/C(C#N)=C/c2ccc(-c3ccc(C(=O)O)cc3)o2)n1. The Bertz CT molecular complexity index is 1100. The van der Waals surface area contributed by atoms with Crippen LogP contribution in [-0.4, -0.2) is 26.8 Å². The molecule has 1 N–H and O–H groups in total. The van der Waals surface area contributed by atoms with Crippen molar-refractivity contribution in [3.05, 3.63) is 70.7 Å². The van der Waals surface area contributed by atoms with Gasteiger partial charge in [-0.05, 0) is 44.2 Å². The van der Waals surface area contributed by atoms with Gasteiger partial charge in [0.2, 0.25) is 0 Å². The molecule has 0 saturated heterocycles. The summed E-state index contributed by atoms with van der Waals surface area (Å²) in [5.74, 6) is -0.717. The van der Waals surface area contributed by atoms with Crippen molar-refractivity contribution >= 4 is 18.0 Å². The minimum absolute atomic E-state index is 0.108. The van der Waals surface area contributed by atoms with E-state index in [1.807, 2.05) is 6.07 Å². The lowest BCUT2D eigenvalue weighted by atomic mass is 10.1. The lowest BCUT2D eigenvalue weighted by molar-refractivity contribution is 0.0696. The summed E-state index contributed by atoms with van der Waals surface area (Å²) in [4.78, 5) is 23.4. The number of nitriles is 1. The Morgan fingerprint density at radius 2 is 1.89 bits per heavy atom. The lowest BCUT2D eigenvalue weighted by Crippen LogP contribution is -2.15. The first-order valence-corrected chi connectivity index (χ1v) is 8.02. The van der Waals surface area contributed by atoms with Crippen LogP contribution in [0.4, 0.5) is 0 Å². The minimum Gasteiger partial charge on any atom is -0.478 e. The molecule has 3 aromatic rings. The van der Waals surface area contributed by atoms with Crippen molar-refractivity contribution in [1.29, 1.82) is 5.26 Å². The summed E-state index contributed by atoms with van der Waals surface area (Å²) < 4.78 is 6.85. The molecular formula is C20H15N3O4. The average molecular weight is 361 g/mol.